The Bertz CT molecular complexity index is 478. The largest absolute Gasteiger partial charge is 0.465 e. The quantitative estimate of drug-likeness (QED) is 0.762. The minimum absolute atomic E-state index is 0.0773. The van der Waals surface area contributed by atoms with Crippen LogP contribution in [0.15, 0.2) is 12.1 Å². The Morgan fingerprint density at radius 2 is 2.18 bits per heavy atom. The third-order valence-corrected chi connectivity index (χ3v) is 2.38. The fourth-order valence-corrected chi connectivity index (χ4v) is 1.52. The number of alkyl halides is 2. The van der Waals surface area contributed by atoms with Crippen molar-refractivity contribution in [3.05, 3.63) is 34.4 Å². The summed E-state index contributed by atoms with van der Waals surface area (Å²) in [6, 6.07) is 4.41. The molecule has 0 radical (unpaired) electrons. The number of hydrogen-bond acceptors (Lipinski definition) is 3. The molecule has 0 N–H and O–H groups in total. The predicted molar refractivity (Wildman–Crippen MR) is 56.8 cm³/mol. The van der Waals surface area contributed by atoms with Gasteiger partial charge in [0.1, 0.15) is 6.07 Å². The van der Waals surface area contributed by atoms with Gasteiger partial charge in [0.25, 0.3) is 6.43 Å². The molecular weight excluding hydrogens is 228 g/mol. The first kappa shape index (κ1) is 13.1. The van der Waals surface area contributed by atoms with E-state index in [9.17, 15) is 13.6 Å². The first-order valence-electron chi connectivity index (χ1n) is 4.98. The van der Waals surface area contributed by atoms with E-state index in [0.717, 1.165) is 7.11 Å². The first-order chi connectivity index (χ1) is 8.04. The van der Waals surface area contributed by atoms with Crippen LogP contribution in [0.25, 0.3) is 0 Å². The lowest BCUT2D eigenvalue weighted by atomic mass is 9.97. The summed E-state index contributed by atoms with van der Waals surface area (Å²) in [5.41, 5.74) is -0.286. The molecule has 90 valence electrons. The third-order valence-electron chi connectivity index (χ3n) is 2.38. The van der Waals surface area contributed by atoms with Crippen LogP contribution in [0.2, 0.25) is 0 Å². The van der Waals surface area contributed by atoms with Crippen molar-refractivity contribution < 1.29 is 18.3 Å². The van der Waals surface area contributed by atoms with Crippen LogP contribution in [0.5, 0.6) is 0 Å². The molecular formula is C12H11F2NO2. The van der Waals surface area contributed by atoms with Crippen molar-refractivity contribution in [3.63, 3.8) is 0 Å². The Morgan fingerprint density at radius 3 is 2.59 bits per heavy atom. The molecule has 1 aromatic carbocycles. The summed E-state index contributed by atoms with van der Waals surface area (Å²) in [4.78, 5) is 11.4. The molecule has 0 saturated carbocycles. The summed E-state index contributed by atoms with van der Waals surface area (Å²) >= 11 is 0. The van der Waals surface area contributed by atoms with Gasteiger partial charge in [-0.1, -0.05) is 6.92 Å². The van der Waals surface area contributed by atoms with Gasteiger partial charge in [-0.15, -0.1) is 0 Å². The topological polar surface area (TPSA) is 50.1 Å². The third kappa shape index (κ3) is 2.59. The van der Waals surface area contributed by atoms with Gasteiger partial charge in [-0.25, -0.2) is 13.6 Å². The smallest absolute Gasteiger partial charge is 0.339 e. The van der Waals surface area contributed by atoms with Gasteiger partial charge in [0, 0.05) is 5.56 Å². The van der Waals surface area contributed by atoms with Gasteiger partial charge < -0.3 is 4.74 Å². The number of esters is 1. The molecule has 17 heavy (non-hydrogen) atoms. The highest BCUT2D eigenvalue weighted by molar-refractivity contribution is 5.94. The zero-order valence-corrected chi connectivity index (χ0v) is 9.46. The van der Waals surface area contributed by atoms with Gasteiger partial charge in [-0.2, -0.15) is 5.26 Å². The monoisotopic (exact) mass is 239 g/mol. The number of nitrogens with zero attached hydrogens (tertiary/aromatic N) is 1. The van der Waals surface area contributed by atoms with E-state index in [1.165, 1.54) is 12.1 Å². The number of methoxy groups -OCH3 is 1. The molecule has 0 bridgehead atoms. The van der Waals surface area contributed by atoms with Gasteiger partial charge in [-0.3, -0.25) is 0 Å². The molecule has 0 fully saturated rings. The molecule has 0 spiro atoms. The lowest BCUT2D eigenvalue weighted by molar-refractivity contribution is 0.0589. The number of nitriles is 1. The summed E-state index contributed by atoms with van der Waals surface area (Å²) in [5, 5.41) is 8.89. The lowest BCUT2D eigenvalue weighted by Crippen LogP contribution is -2.10. The van der Waals surface area contributed by atoms with Crippen molar-refractivity contribution >= 4 is 5.97 Å². The highest BCUT2D eigenvalue weighted by atomic mass is 19.3. The van der Waals surface area contributed by atoms with Crippen molar-refractivity contribution in [2.24, 2.45) is 0 Å². The molecule has 1 rings (SSSR count). The maximum absolute atomic E-state index is 12.8. The lowest BCUT2D eigenvalue weighted by Gasteiger charge is -2.11. The van der Waals surface area contributed by atoms with Crippen molar-refractivity contribution in [2.75, 3.05) is 7.11 Å². The van der Waals surface area contributed by atoms with E-state index in [0.29, 0.717) is 12.0 Å². The summed E-state index contributed by atoms with van der Waals surface area (Å²) in [5.74, 6) is -0.917. The van der Waals surface area contributed by atoms with Crippen LogP contribution >= 0.6 is 0 Å². The van der Waals surface area contributed by atoms with E-state index in [1.807, 2.05) is 0 Å². The fraction of sp³-hybridized carbons (Fsp3) is 0.333. The van der Waals surface area contributed by atoms with Crippen LogP contribution in [0.1, 0.15) is 40.4 Å². The molecule has 0 unspecified atom stereocenters. The van der Waals surface area contributed by atoms with Crippen molar-refractivity contribution in [2.45, 2.75) is 19.8 Å². The van der Waals surface area contributed by atoms with Crippen LogP contribution in [-0.4, -0.2) is 13.1 Å². The second-order valence-corrected chi connectivity index (χ2v) is 3.37. The Hall–Kier alpha value is -1.96. The number of carbonyl (C=O) groups excluding carboxylic acids is 1. The van der Waals surface area contributed by atoms with E-state index < -0.39 is 18.0 Å². The normalized spacial score (nSPS) is 10.1. The highest BCUT2D eigenvalue weighted by Crippen LogP contribution is 2.28. The standard InChI is InChI=1S/C12H11F2NO2/c1-3-7-4-8(6-15)10(12(16)17-2)9(5-7)11(13)14/h4-5,11H,3H2,1-2H3. The van der Waals surface area contributed by atoms with Crippen LogP contribution in [-0.2, 0) is 11.2 Å². The molecule has 0 aromatic heterocycles. The van der Waals surface area contributed by atoms with Gasteiger partial charge in [0.05, 0.1) is 18.2 Å². The van der Waals surface area contributed by atoms with Gasteiger partial charge in [0.15, 0.2) is 0 Å². The zero-order valence-electron chi connectivity index (χ0n) is 9.46. The molecule has 0 heterocycles. The number of hydrogen-bond donors (Lipinski definition) is 0. The number of aryl methyl sites for hydroxylation is 1. The number of ether oxygens (including phenoxy) is 1. The molecule has 0 saturated heterocycles. The fourth-order valence-electron chi connectivity index (χ4n) is 1.52. The molecule has 0 aliphatic rings. The maximum atomic E-state index is 12.8. The van der Waals surface area contributed by atoms with Gasteiger partial charge in [0.2, 0.25) is 0 Å². The second kappa shape index (κ2) is 5.39. The van der Waals surface area contributed by atoms with E-state index in [-0.39, 0.29) is 11.1 Å². The molecule has 0 aliphatic heterocycles. The predicted octanol–water partition coefficient (Wildman–Crippen LogP) is 2.84. The Balaban J connectivity index is 3.53. The van der Waals surface area contributed by atoms with Crippen molar-refractivity contribution in [1.29, 1.82) is 5.26 Å². The molecule has 0 amide bonds. The molecule has 1 aromatic rings. The van der Waals surface area contributed by atoms with Crippen molar-refractivity contribution in [3.8, 4) is 6.07 Å². The molecule has 5 heteroatoms. The summed E-state index contributed by atoms with van der Waals surface area (Å²) < 4.78 is 30.1. The van der Waals surface area contributed by atoms with Crippen LogP contribution in [0.4, 0.5) is 8.78 Å². The van der Waals surface area contributed by atoms with Crippen LogP contribution < -0.4 is 0 Å². The average Bonchev–Trinajstić information content (AvgIpc) is 2.35. The number of carbonyl (C=O) groups is 1. The molecule has 0 aliphatic carbocycles. The maximum Gasteiger partial charge on any atom is 0.339 e. The SMILES string of the molecule is CCc1cc(C#N)c(C(=O)OC)c(C(F)F)c1. The van der Waals surface area contributed by atoms with E-state index in [4.69, 9.17) is 5.26 Å². The van der Waals surface area contributed by atoms with Gasteiger partial charge >= 0.3 is 5.97 Å². The first-order valence-corrected chi connectivity index (χ1v) is 4.98. The average molecular weight is 239 g/mol. The Morgan fingerprint density at radius 1 is 1.53 bits per heavy atom. The number of halogens is 2. The second-order valence-electron chi connectivity index (χ2n) is 3.37. The van der Waals surface area contributed by atoms with Crippen molar-refractivity contribution in [1.82, 2.24) is 0 Å². The minimum Gasteiger partial charge on any atom is -0.465 e. The Labute approximate surface area is 97.6 Å². The van der Waals surface area contributed by atoms with Gasteiger partial charge in [-0.05, 0) is 24.1 Å². The number of benzene rings is 1. The summed E-state index contributed by atoms with van der Waals surface area (Å²) in [6.07, 6.45) is -2.31. The van der Waals surface area contributed by atoms with E-state index in [2.05, 4.69) is 4.74 Å². The number of rotatable bonds is 3. The van der Waals surface area contributed by atoms with Crippen LogP contribution in [0, 0.1) is 11.3 Å². The van der Waals surface area contributed by atoms with E-state index in [1.54, 1.807) is 13.0 Å². The molecule has 0 atom stereocenters. The highest BCUT2D eigenvalue weighted by Gasteiger charge is 2.23. The summed E-state index contributed by atoms with van der Waals surface area (Å²) in [7, 11) is 1.09. The van der Waals surface area contributed by atoms with E-state index >= 15 is 0 Å². The zero-order chi connectivity index (χ0) is 13.0. The molecule has 3 nitrogen and oxygen atoms in total. The minimum atomic E-state index is -2.82. The van der Waals surface area contributed by atoms with Crippen LogP contribution in [0.3, 0.4) is 0 Å². The summed E-state index contributed by atoms with van der Waals surface area (Å²) in [6.45, 7) is 1.78. The Kier molecular flexibility index (Phi) is 4.16.